The van der Waals surface area contributed by atoms with Gasteiger partial charge in [-0.15, -0.1) is 0 Å². The topological polar surface area (TPSA) is 36.5 Å². The lowest BCUT2D eigenvalue weighted by Crippen LogP contribution is -2.48. The van der Waals surface area contributed by atoms with E-state index in [9.17, 15) is 0 Å². The molecule has 0 saturated carbocycles. The summed E-state index contributed by atoms with van der Waals surface area (Å²) in [5.41, 5.74) is 0. The summed E-state index contributed by atoms with van der Waals surface area (Å²) in [4.78, 5) is 2.51. The van der Waals surface area contributed by atoms with Crippen molar-refractivity contribution in [2.45, 2.75) is 33.8 Å². The molecular formula is C15H33N3O. The fraction of sp³-hybridized carbons (Fsp3) is 1.00. The van der Waals surface area contributed by atoms with Crippen molar-refractivity contribution in [3.8, 4) is 0 Å². The minimum atomic E-state index is 0.359. The molecule has 1 aliphatic rings. The quantitative estimate of drug-likeness (QED) is 0.618. The predicted octanol–water partition coefficient (Wildman–Crippen LogP) is 1.18. The van der Waals surface area contributed by atoms with Gasteiger partial charge in [0.25, 0.3) is 0 Å². The molecule has 1 atom stereocenters. The molecule has 114 valence electrons. The molecule has 4 heteroatoms. The Morgan fingerprint density at radius 3 is 2.47 bits per heavy atom. The van der Waals surface area contributed by atoms with Crippen LogP contribution in [0.5, 0.6) is 0 Å². The molecule has 1 rings (SSSR count). The summed E-state index contributed by atoms with van der Waals surface area (Å²) in [6.07, 6.45) is 0.359. The molecule has 1 aliphatic heterocycles. The molecule has 0 spiro atoms. The summed E-state index contributed by atoms with van der Waals surface area (Å²) in [5, 5.41) is 7.00. The van der Waals surface area contributed by atoms with Crippen LogP contribution in [0.3, 0.4) is 0 Å². The Morgan fingerprint density at radius 1 is 1.11 bits per heavy atom. The molecule has 0 aromatic carbocycles. The van der Waals surface area contributed by atoms with Gasteiger partial charge < -0.3 is 15.4 Å². The smallest absolute Gasteiger partial charge is 0.0826 e. The largest absolute Gasteiger partial charge is 0.374 e. The Balaban J connectivity index is 2.08. The van der Waals surface area contributed by atoms with Crippen LogP contribution in [0.15, 0.2) is 0 Å². The van der Waals surface area contributed by atoms with Crippen LogP contribution in [-0.2, 0) is 4.74 Å². The second kappa shape index (κ2) is 9.70. The van der Waals surface area contributed by atoms with E-state index in [0.29, 0.717) is 12.0 Å². The molecule has 0 aromatic rings. The van der Waals surface area contributed by atoms with Gasteiger partial charge >= 0.3 is 0 Å². The maximum atomic E-state index is 5.81. The molecule has 0 radical (unpaired) electrons. The first-order valence-electron chi connectivity index (χ1n) is 7.83. The van der Waals surface area contributed by atoms with Crippen LogP contribution in [0.4, 0.5) is 0 Å². The maximum absolute atomic E-state index is 5.81. The van der Waals surface area contributed by atoms with Crippen molar-refractivity contribution in [2.24, 2.45) is 11.8 Å². The zero-order valence-electron chi connectivity index (χ0n) is 13.2. The third kappa shape index (κ3) is 8.58. The van der Waals surface area contributed by atoms with Crippen LogP contribution >= 0.6 is 0 Å². The minimum Gasteiger partial charge on any atom is -0.374 e. The number of hydrogen-bond donors (Lipinski definition) is 2. The molecule has 0 amide bonds. The fourth-order valence-corrected chi connectivity index (χ4v) is 2.27. The molecule has 1 fully saturated rings. The van der Waals surface area contributed by atoms with Crippen molar-refractivity contribution < 1.29 is 4.74 Å². The number of rotatable bonds is 9. The van der Waals surface area contributed by atoms with Gasteiger partial charge in [0.05, 0.1) is 12.7 Å². The van der Waals surface area contributed by atoms with E-state index in [1.54, 1.807) is 0 Å². The van der Waals surface area contributed by atoms with E-state index in [0.717, 1.165) is 58.3 Å². The first-order chi connectivity index (χ1) is 9.08. The Labute approximate surface area is 119 Å². The standard InChI is InChI=1S/C15H33N3O/c1-13(2)9-16-5-6-18-7-8-19-15(12-18)11-17-10-14(3)4/h13-17H,5-12H2,1-4H3/t15-/m1/s1. The molecule has 1 saturated heterocycles. The Hall–Kier alpha value is -0.160. The average molecular weight is 271 g/mol. The van der Waals surface area contributed by atoms with Gasteiger partial charge in [-0.05, 0) is 24.9 Å². The number of nitrogens with one attached hydrogen (secondary N) is 2. The Bertz CT molecular complexity index is 221. The normalized spacial score (nSPS) is 21.5. The molecule has 0 bridgehead atoms. The Morgan fingerprint density at radius 2 is 1.79 bits per heavy atom. The molecule has 2 N–H and O–H groups in total. The van der Waals surface area contributed by atoms with Gasteiger partial charge in [-0.25, -0.2) is 0 Å². The highest BCUT2D eigenvalue weighted by atomic mass is 16.5. The first-order valence-corrected chi connectivity index (χ1v) is 7.83. The molecule has 0 aromatic heterocycles. The van der Waals surface area contributed by atoms with Gasteiger partial charge in [-0.3, -0.25) is 4.90 Å². The van der Waals surface area contributed by atoms with E-state index in [4.69, 9.17) is 4.74 Å². The average Bonchev–Trinajstić information content (AvgIpc) is 2.34. The SMILES string of the molecule is CC(C)CNCCN1CCO[C@H](CNCC(C)C)C1. The second-order valence-electron chi connectivity index (χ2n) is 6.44. The van der Waals surface area contributed by atoms with Gasteiger partial charge in [0, 0.05) is 32.7 Å². The highest BCUT2D eigenvalue weighted by Crippen LogP contribution is 2.04. The number of ether oxygens (including phenoxy) is 1. The second-order valence-corrected chi connectivity index (χ2v) is 6.44. The summed E-state index contributed by atoms with van der Waals surface area (Å²) in [6, 6.07) is 0. The van der Waals surface area contributed by atoms with Gasteiger partial charge in [-0.1, -0.05) is 27.7 Å². The maximum Gasteiger partial charge on any atom is 0.0826 e. The van der Waals surface area contributed by atoms with Crippen molar-refractivity contribution in [3.05, 3.63) is 0 Å². The van der Waals surface area contributed by atoms with Crippen LogP contribution in [0.2, 0.25) is 0 Å². The van der Waals surface area contributed by atoms with Crippen LogP contribution in [0, 0.1) is 11.8 Å². The van der Waals surface area contributed by atoms with Crippen molar-refractivity contribution in [1.29, 1.82) is 0 Å². The van der Waals surface area contributed by atoms with Gasteiger partial charge in [-0.2, -0.15) is 0 Å². The highest BCUT2D eigenvalue weighted by Gasteiger charge is 2.19. The third-order valence-electron chi connectivity index (χ3n) is 3.30. The lowest BCUT2D eigenvalue weighted by atomic mass is 10.2. The molecule has 19 heavy (non-hydrogen) atoms. The van der Waals surface area contributed by atoms with Crippen molar-refractivity contribution in [2.75, 3.05) is 52.4 Å². The predicted molar refractivity (Wildman–Crippen MR) is 81.6 cm³/mol. The molecule has 0 aliphatic carbocycles. The van der Waals surface area contributed by atoms with E-state index in [2.05, 4.69) is 43.2 Å². The van der Waals surface area contributed by atoms with Gasteiger partial charge in [0.2, 0.25) is 0 Å². The summed E-state index contributed by atoms with van der Waals surface area (Å²) in [7, 11) is 0. The number of morpholine rings is 1. The van der Waals surface area contributed by atoms with Crippen LogP contribution in [-0.4, -0.2) is 63.4 Å². The van der Waals surface area contributed by atoms with E-state index >= 15 is 0 Å². The van der Waals surface area contributed by atoms with E-state index < -0.39 is 0 Å². The number of nitrogens with zero attached hydrogens (tertiary/aromatic N) is 1. The molecular weight excluding hydrogens is 238 g/mol. The van der Waals surface area contributed by atoms with Crippen LogP contribution in [0.1, 0.15) is 27.7 Å². The lowest BCUT2D eigenvalue weighted by molar-refractivity contribution is -0.0267. The van der Waals surface area contributed by atoms with Crippen LogP contribution in [0.25, 0.3) is 0 Å². The zero-order valence-corrected chi connectivity index (χ0v) is 13.2. The van der Waals surface area contributed by atoms with Crippen molar-refractivity contribution >= 4 is 0 Å². The summed E-state index contributed by atoms with van der Waals surface area (Å²) in [5.74, 6) is 1.44. The lowest BCUT2D eigenvalue weighted by Gasteiger charge is -2.33. The summed E-state index contributed by atoms with van der Waals surface area (Å²) < 4.78 is 5.81. The molecule has 0 unspecified atom stereocenters. The van der Waals surface area contributed by atoms with Crippen LogP contribution < -0.4 is 10.6 Å². The zero-order chi connectivity index (χ0) is 14.1. The minimum absolute atomic E-state index is 0.359. The molecule has 1 heterocycles. The van der Waals surface area contributed by atoms with Gasteiger partial charge in [0.1, 0.15) is 0 Å². The monoisotopic (exact) mass is 271 g/mol. The third-order valence-corrected chi connectivity index (χ3v) is 3.30. The molecule has 4 nitrogen and oxygen atoms in total. The van der Waals surface area contributed by atoms with E-state index in [1.165, 1.54) is 0 Å². The Kier molecular flexibility index (Phi) is 8.62. The fourth-order valence-electron chi connectivity index (χ4n) is 2.27. The van der Waals surface area contributed by atoms with Gasteiger partial charge in [0.15, 0.2) is 0 Å². The van der Waals surface area contributed by atoms with E-state index in [1.807, 2.05) is 0 Å². The highest BCUT2D eigenvalue weighted by molar-refractivity contribution is 4.74. The van der Waals surface area contributed by atoms with E-state index in [-0.39, 0.29) is 0 Å². The summed E-state index contributed by atoms with van der Waals surface area (Å²) in [6.45, 7) is 17.4. The van der Waals surface area contributed by atoms with Crippen molar-refractivity contribution in [3.63, 3.8) is 0 Å². The van der Waals surface area contributed by atoms with Crippen molar-refractivity contribution in [1.82, 2.24) is 15.5 Å². The number of hydrogen-bond acceptors (Lipinski definition) is 4. The summed E-state index contributed by atoms with van der Waals surface area (Å²) >= 11 is 0. The first kappa shape index (κ1) is 16.9.